The Morgan fingerprint density at radius 2 is 0.471 bits per heavy atom. The number of aliphatic hydroxyl groups excluding tert-OH is 1. The second kappa shape index (κ2) is 75.9. The number of aliphatic hydroxyl groups is 1. The van der Waals surface area contributed by atoms with Crippen LogP contribution in [0, 0.1) is 5.92 Å². The highest BCUT2D eigenvalue weighted by molar-refractivity contribution is 7.47. The van der Waals surface area contributed by atoms with Crippen molar-refractivity contribution in [3.05, 3.63) is 0 Å². The summed E-state index contributed by atoms with van der Waals surface area (Å²) in [7, 11) is -9.92. The quantitative estimate of drug-likeness (QED) is 0.0222. The first-order valence-electron chi connectivity index (χ1n) is 43.2. The summed E-state index contributed by atoms with van der Waals surface area (Å²) in [6.45, 7) is 7.38. The number of ether oxygens (including phenoxy) is 4. The molecule has 6 atom stereocenters. The molecule has 0 aromatic heterocycles. The molecule has 102 heavy (non-hydrogen) atoms. The molecule has 0 aromatic carbocycles. The van der Waals surface area contributed by atoms with Crippen molar-refractivity contribution in [2.75, 3.05) is 39.6 Å². The van der Waals surface area contributed by atoms with Gasteiger partial charge in [-0.3, -0.25) is 37.3 Å². The molecular weight excluding hydrogens is 1330 g/mol. The Morgan fingerprint density at radius 1 is 0.275 bits per heavy atom. The van der Waals surface area contributed by atoms with E-state index in [-0.39, 0.29) is 25.7 Å². The van der Waals surface area contributed by atoms with Crippen molar-refractivity contribution in [1.29, 1.82) is 0 Å². The second-order valence-corrected chi connectivity index (χ2v) is 33.0. The first kappa shape index (κ1) is 100. The SMILES string of the molecule is CCCCCCCCCCCCCCCCCCCCCC(=O)O[C@H](COC(=O)CCCCCCCCCCCCCCCCCC)COP(=O)(O)OC[C@@H](O)COP(=O)(O)OC[C@@H](COC(=O)CCCCCCCCCCCCCCC)OC(=O)CCCCCCCCCCCCC(C)CC. The van der Waals surface area contributed by atoms with E-state index in [1.165, 1.54) is 270 Å². The standard InChI is InChI=1S/C83H162O17P2/c1-6-10-13-16-19-22-25-28-30-32-33-34-36-39-42-48-53-58-63-68-82(87)99-78(72-94-81(86)67-62-57-52-47-41-38-35-31-29-26-23-20-17-14-11-7-2)74-97-101(89,90)95-70-77(84)71-96-102(91,92)98-75-79(73-93-80(85)66-61-56-51-46-40-37-27-24-21-18-15-12-8-3)100-83(88)69-64-59-54-49-44-43-45-50-55-60-65-76(5)9-4/h76-79,84H,6-75H2,1-5H3,(H,89,90)(H,91,92)/t76?,77-,78-,79-/m1/s1. The van der Waals surface area contributed by atoms with Crippen LogP contribution in [0.1, 0.15) is 446 Å². The number of carbonyl (C=O) groups is 4. The van der Waals surface area contributed by atoms with E-state index in [0.717, 1.165) is 95.8 Å². The third kappa shape index (κ3) is 74.9. The first-order chi connectivity index (χ1) is 49.6. The van der Waals surface area contributed by atoms with Crippen LogP contribution in [0.3, 0.4) is 0 Å². The Kier molecular flexibility index (Phi) is 74.4. The van der Waals surface area contributed by atoms with Gasteiger partial charge in [-0.15, -0.1) is 0 Å². The van der Waals surface area contributed by atoms with Crippen LogP contribution in [0.5, 0.6) is 0 Å². The monoisotopic (exact) mass is 1490 g/mol. The van der Waals surface area contributed by atoms with Gasteiger partial charge in [0.2, 0.25) is 0 Å². The summed E-state index contributed by atoms with van der Waals surface area (Å²) in [4.78, 5) is 73.2. The lowest BCUT2D eigenvalue weighted by atomic mass is 9.99. The predicted molar refractivity (Wildman–Crippen MR) is 418 cm³/mol. The fraction of sp³-hybridized carbons (Fsp3) is 0.952. The summed E-state index contributed by atoms with van der Waals surface area (Å²) in [5.74, 6) is -1.30. The maximum absolute atomic E-state index is 13.1. The maximum atomic E-state index is 13.1. The molecule has 19 heteroatoms. The van der Waals surface area contributed by atoms with E-state index in [9.17, 15) is 43.2 Å². The van der Waals surface area contributed by atoms with Crippen molar-refractivity contribution in [3.8, 4) is 0 Å². The van der Waals surface area contributed by atoms with Gasteiger partial charge < -0.3 is 33.8 Å². The number of hydrogen-bond acceptors (Lipinski definition) is 15. The minimum atomic E-state index is -4.96. The average Bonchev–Trinajstić information content (AvgIpc) is 0.912. The molecule has 0 aliphatic rings. The molecule has 0 amide bonds. The molecule has 0 aliphatic carbocycles. The summed E-state index contributed by atoms with van der Waals surface area (Å²) in [5.41, 5.74) is 0. The highest BCUT2D eigenvalue weighted by Gasteiger charge is 2.30. The molecule has 0 radical (unpaired) electrons. The van der Waals surface area contributed by atoms with E-state index >= 15 is 0 Å². The Balaban J connectivity index is 5.26. The number of rotatable bonds is 83. The highest BCUT2D eigenvalue weighted by Crippen LogP contribution is 2.45. The summed E-state index contributed by atoms with van der Waals surface area (Å²) in [5, 5.41) is 10.7. The molecule has 17 nitrogen and oxygen atoms in total. The van der Waals surface area contributed by atoms with Gasteiger partial charge in [0.05, 0.1) is 26.4 Å². The van der Waals surface area contributed by atoms with Gasteiger partial charge >= 0.3 is 39.5 Å². The van der Waals surface area contributed by atoms with Crippen molar-refractivity contribution in [1.82, 2.24) is 0 Å². The fourth-order valence-corrected chi connectivity index (χ4v) is 14.5. The van der Waals surface area contributed by atoms with E-state index in [1.54, 1.807) is 0 Å². The summed E-state index contributed by atoms with van der Waals surface area (Å²) < 4.78 is 68.8. The molecule has 606 valence electrons. The second-order valence-electron chi connectivity index (χ2n) is 30.1. The van der Waals surface area contributed by atoms with Gasteiger partial charge in [0.1, 0.15) is 19.3 Å². The molecule has 0 aromatic rings. The number of hydrogen-bond donors (Lipinski definition) is 3. The van der Waals surface area contributed by atoms with E-state index in [0.29, 0.717) is 25.7 Å². The lowest BCUT2D eigenvalue weighted by Gasteiger charge is -2.21. The van der Waals surface area contributed by atoms with Gasteiger partial charge in [0.25, 0.3) is 0 Å². The fourth-order valence-electron chi connectivity index (χ4n) is 12.9. The molecule has 0 saturated carbocycles. The molecule has 0 bridgehead atoms. The molecule has 0 fully saturated rings. The third-order valence-electron chi connectivity index (χ3n) is 19.9. The van der Waals surface area contributed by atoms with E-state index < -0.39 is 97.5 Å². The van der Waals surface area contributed by atoms with Crippen molar-refractivity contribution in [3.63, 3.8) is 0 Å². The van der Waals surface area contributed by atoms with Crippen LogP contribution in [0.15, 0.2) is 0 Å². The van der Waals surface area contributed by atoms with Gasteiger partial charge in [0, 0.05) is 25.7 Å². The predicted octanol–water partition coefficient (Wildman–Crippen LogP) is 25.2. The maximum Gasteiger partial charge on any atom is 0.472 e. The number of unbranched alkanes of at least 4 members (excludes halogenated alkanes) is 54. The van der Waals surface area contributed by atoms with E-state index in [1.807, 2.05) is 0 Å². The van der Waals surface area contributed by atoms with Crippen LogP contribution in [-0.4, -0.2) is 96.7 Å². The molecule has 3 N–H and O–H groups in total. The number of esters is 4. The van der Waals surface area contributed by atoms with Gasteiger partial charge in [-0.25, -0.2) is 9.13 Å². The average molecular weight is 1490 g/mol. The molecule has 0 aliphatic heterocycles. The third-order valence-corrected chi connectivity index (χ3v) is 21.8. The number of phosphoric ester groups is 2. The van der Waals surface area contributed by atoms with Crippen molar-refractivity contribution < 1.29 is 80.2 Å². The zero-order valence-corrected chi connectivity index (χ0v) is 68.5. The summed E-state index contributed by atoms with van der Waals surface area (Å²) >= 11 is 0. The number of carbonyl (C=O) groups excluding carboxylic acids is 4. The van der Waals surface area contributed by atoms with Crippen LogP contribution in [-0.2, 0) is 65.4 Å². The van der Waals surface area contributed by atoms with Crippen molar-refractivity contribution >= 4 is 39.5 Å². The molecule has 0 rings (SSSR count). The summed E-state index contributed by atoms with van der Waals surface area (Å²) in [6, 6.07) is 0. The summed E-state index contributed by atoms with van der Waals surface area (Å²) in [6.07, 6.45) is 67.8. The van der Waals surface area contributed by atoms with Gasteiger partial charge in [-0.2, -0.15) is 0 Å². The number of phosphoric acid groups is 2. The molecular formula is C83H162O17P2. The van der Waals surface area contributed by atoms with Crippen LogP contribution in [0.4, 0.5) is 0 Å². The van der Waals surface area contributed by atoms with Crippen LogP contribution < -0.4 is 0 Å². The van der Waals surface area contributed by atoms with E-state index in [4.69, 9.17) is 37.0 Å². The van der Waals surface area contributed by atoms with Crippen molar-refractivity contribution in [2.24, 2.45) is 5.92 Å². The molecule has 0 saturated heterocycles. The van der Waals surface area contributed by atoms with Crippen LogP contribution >= 0.6 is 15.6 Å². The lowest BCUT2D eigenvalue weighted by Crippen LogP contribution is -2.30. The van der Waals surface area contributed by atoms with E-state index in [2.05, 4.69) is 34.6 Å². The normalized spacial score (nSPS) is 14.1. The topological polar surface area (TPSA) is 237 Å². The largest absolute Gasteiger partial charge is 0.472 e. The minimum absolute atomic E-state index is 0.107. The Hall–Kier alpha value is -1.94. The molecule has 0 spiro atoms. The minimum Gasteiger partial charge on any atom is -0.462 e. The zero-order valence-electron chi connectivity index (χ0n) is 66.8. The Bertz CT molecular complexity index is 1950. The zero-order chi connectivity index (χ0) is 74.8. The Labute approximate surface area is 626 Å². The van der Waals surface area contributed by atoms with Crippen LogP contribution in [0.2, 0.25) is 0 Å². The van der Waals surface area contributed by atoms with Crippen molar-refractivity contribution in [2.45, 2.75) is 464 Å². The lowest BCUT2D eigenvalue weighted by molar-refractivity contribution is -0.161. The Morgan fingerprint density at radius 3 is 0.696 bits per heavy atom. The van der Waals surface area contributed by atoms with Gasteiger partial charge in [-0.1, -0.05) is 394 Å². The first-order valence-corrected chi connectivity index (χ1v) is 46.2. The smallest absolute Gasteiger partial charge is 0.462 e. The van der Waals surface area contributed by atoms with Crippen LogP contribution in [0.25, 0.3) is 0 Å². The van der Waals surface area contributed by atoms with Gasteiger partial charge in [-0.05, 0) is 31.6 Å². The highest BCUT2D eigenvalue weighted by atomic mass is 31.2. The molecule has 3 unspecified atom stereocenters. The van der Waals surface area contributed by atoms with Gasteiger partial charge in [0.15, 0.2) is 12.2 Å². The molecule has 0 heterocycles.